The van der Waals surface area contributed by atoms with Crippen LogP contribution < -0.4 is 16.0 Å². The van der Waals surface area contributed by atoms with E-state index in [0.717, 1.165) is 6.54 Å². The normalized spacial score (nSPS) is 17.3. The highest BCUT2D eigenvalue weighted by Crippen LogP contribution is 2.22. The third kappa shape index (κ3) is 5.66. The monoisotopic (exact) mass is 361 g/mol. The molecule has 1 aliphatic heterocycles. The predicted molar refractivity (Wildman–Crippen MR) is 92.5 cm³/mol. The average molecular weight is 362 g/mol. The van der Waals surface area contributed by atoms with Crippen LogP contribution in [0.15, 0.2) is 18.2 Å². The molecule has 2 rings (SSSR count). The van der Waals surface area contributed by atoms with Crippen molar-refractivity contribution in [2.24, 2.45) is 0 Å². The Labute approximate surface area is 146 Å². The van der Waals surface area contributed by atoms with Gasteiger partial charge in [0.2, 0.25) is 0 Å². The van der Waals surface area contributed by atoms with Crippen LogP contribution in [0.25, 0.3) is 0 Å². The number of anilines is 1. The van der Waals surface area contributed by atoms with Crippen molar-refractivity contribution in [1.29, 1.82) is 0 Å². The number of benzene rings is 1. The first-order valence-corrected chi connectivity index (χ1v) is 7.59. The van der Waals surface area contributed by atoms with Crippen LogP contribution >= 0.6 is 24.0 Å². The van der Waals surface area contributed by atoms with Gasteiger partial charge in [0, 0.05) is 24.2 Å². The second-order valence-electron chi connectivity index (χ2n) is 5.37. The van der Waals surface area contributed by atoms with E-state index in [9.17, 15) is 9.59 Å². The predicted octanol–water partition coefficient (Wildman–Crippen LogP) is 1.83. The number of hydrogen-bond donors (Lipinski definition) is 3. The number of rotatable bonds is 4. The Kier molecular flexibility index (Phi) is 7.78. The number of ether oxygens (including phenoxy) is 1. The van der Waals surface area contributed by atoms with E-state index in [4.69, 9.17) is 16.3 Å². The van der Waals surface area contributed by atoms with E-state index in [-0.39, 0.29) is 30.3 Å². The summed E-state index contributed by atoms with van der Waals surface area (Å²) in [6, 6.07) is 4.77. The molecule has 1 atom stereocenters. The summed E-state index contributed by atoms with van der Waals surface area (Å²) in [4.78, 5) is 24.4. The summed E-state index contributed by atoms with van der Waals surface area (Å²) >= 11 is 5.97. The molecule has 0 spiro atoms. The quantitative estimate of drug-likeness (QED) is 0.764. The van der Waals surface area contributed by atoms with Crippen molar-refractivity contribution >= 4 is 41.5 Å². The molecule has 0 saturated carbocycles. The summed E-state index contributed by atoms with van der Waals surface area (Å²) < 4.78 is 5.40. The molecule has 1 fully saturated rings. The van der Waals surface area contributed by atoms with Gasteiger partial charge in [-0.25, -0.2) is 0 Å². The molecule has 1 aliphatic rings. The topological polar surface area (TPSA) is 79.5 Å². The summed E-state index contributed by atoms with van der Waals surface area (Å²) in [6.45, 7) is 5.39. The van der Waals surface area contributed by atoms with E-state index in [0.29, 0.717) is 29.4 Å². The van der Waals surface area contributed by atoms with Gasteiger partial charge in [0.05, 0.1) is 17.9 Å². The fourth-order valence-electron chi connectivity index (χ4n) is 2.10. The maximum atomic E-state index is 12.2. The van der Waals surface area contributed by atoms with Crippen LogP contribution in [0, 0.1) is 0 Å². The van der Waals surface area contributed by atoms with Crippen LogP contribution in [0.2, 0.25) is 5.02 Å². The van der Waals surface area contributed by atoms with Crippen LogP contribution in [0.4, 0.5) is 5.69 Å². The Morgan fingerprint density at radius 3 is 2.74 bits per heavy atom. The maximum absolute atomic E-state index is 12.2. The minimum absolute atomic E-state index is 0. The Morgan fingerprint density at radius 1 is 1.39 bits per heavy atom. The van der Waals surface area contributed by atoms with Crippen LogP contribution in [0.3, 0.4) is 0 Å². The van der Waals surface area contributed by atoms with E-state index >= 15 is 0 Å². The molecule has 128 valence electrons. The number of hydrogen-bond acceptors (Lipinski definition) is 4. The zero-order chi connectivity index (χ0) is 16.1. The van der Waals surface area contributed by atoms with Crippen molar-refractivity contribution in [2.45, 2.75) is 26.0 Å². The van der Waals surface area contributed by atoms with Crippen LogP contribution in [0.1, 0.15) is 24.2 Å². The first-order chi connectivity index (χ1) is 10.5. The van der Waals surface area contributed by atoms with Crippen molar-refractivity contribution in [1.82, 2.24) is 10.6 Å². The number of nitrogens with one attached hydrogen (secondary N) is 3. The minimum Gasteiger partial charge on any atom is -0.366 e. The number of halogens is 2. The first kappa shape index (κ1) is 19.7. The highest BCUT2D eigenvalue weighted by atomic mass is 35.5. The van der Waals surface area contributed by atoms with Crippen LogP contribution in [-0.4, -0.2) is 43.7 Å². The Bertz CT molecular complexity index is 561. The molecule has 6 nitrogen and oxygen atoms in total. The van der Waals surface area contributed by atoms with E-state index in [2.05, 4.69) is 16.0 Å². The molecule has 1 heterocycles. The molecule has 1 unspecified atom stereocenters. The van der Waals surface area contributed by atoms with Gasteiger partial charge in [-0.2, -0.15) is 0 Å². The number of carbonyl (C=O) groups is 2. The lowest BCUT2D eigenvalue weighted by atomic mass is 10.1. The Hall–Kier alpha value is -1.34. The molecule has 0 bridgehead atoms. The van der Waals surface area contributed by atoms with E-state index in [1.165, 1.54) is 0 Å². The summed E-state index contributed by atoms with van der Waals surface area (Å²) in [5, 5.41) is 9.05. The molecule has 0 aromatic heterocycles. The molecule has 0 radical (unpaired) electrons. The molecular weight excluding hydrogens is 341 g/mol. The van der Waals surface area contributed by atoms with Crippen molar-refractivity contribution in [3.05, 3.63) is 28.8 Å². The molecule has 8 heteroatoms. The summed E-state index contributed by atoms with van der Waals surface area (Å²) in [5.74, 6) is -0.558. The van der Waals surface area contributed by atoms with Gasteiger partial charge in [-0.05, 0) is 32.0 Å². The van der Waals surface area contributed by atoms with Gasteiger partial charge in [0.15, 0.2) is 0 Å². The lowest BCUT2D eigenvalue weighted by Gasteiger charge is -2.23. The molecule has 1 saturated heterocycles. The van der Waals surface area contributed by atoms with Crippen molar-refractivity contribution in [3.63, 3.8) is 0 Å². The zero-order valence-corrected chi connectivity index (χ0v) is 14.6. The van der Waals surface area contributed by atoms with E-state index < -0.39 is 6.10 Å². The summed E-state index contributed by atoms with van der Waals surface area (Å²) in [6.07, 6.45) is -0.575. The van der Waals surface area contributed by atoms with Gasteiger partial charge in [-0.1, -0.05) is 11.6 Å². The second-order valence-corrected chi connectivity index (χ2v) is 5.81. The van der Waals surface area contributed by atoms with Gasteiger partial charge in [0.25, 0.3) is 11.8 Å². The molecule has 3 N–H and O–H groups in total. The van der Waals surface area contributed by atoms with Crippen molar-refractivity contribution in [3.8, 4) is 0 Å². The summed E-state index contributed by atoms with van der Waals surface area (Å²) in [7, 11) is 0. The van der Waals surface area contributed by atoms with Crippen LogP contribution in [-0.2, 0) is 9.53 Å². The van der Waals surface area contributed by atoms with Gasteiger partial charge in [-0.15, -0.1) is 12.4 Å². The van der Waals surface area contributed by atoms with Gasteiger partial charge < -0.3 is 20.7 Å². The molecule has 23 heavy (non-hydrogen) atoms. The number of morpholine rings is 1. The molecular formula is C15H21Cl2N3O3. The standard InChI is InChI=1S/C15H20ClN3O3.ClH/c1-9(2)18-14(20)11-4-3-10(16)7-12(11)19-15(21)13-8-17-5-6-22-13;/h3-4,7,9,13,17H,5-6,8H2,1-2H3,(H,18,20)(H,19,21);1H. The number of carbonyl (C=O) groups excluding carboxylic acids is 2. The third-order valence-corrected chi connectivity index (χ3v) is 3.36. The zero-order valence-electron chi connectivity index (χ0n) is 13.0. The van der Waals surface area contributed by atoms with E-state index in [1.807, 2.05) is 13.8 Å². The van der Waals surface area contributed by atoms with Crippen LogP contribution in [0.5, 0.6) is 0 Å². The Morgan fingerprint density at radius 2 is 2.13 bits per heavy atom. The molecule has 2 amide bonds. The molecule has 0 aliphatic carbocycles. The Balaban J connectivity index is 0.00000264. The first-order valence-electron chi connectivity index (χ1n) is 7.21. The molecule has 1 aromatic rings. The third-order valence-electron chi connectivity index (χ3n) is 3.12. The largest absolute Gasteiger partial charge is 0.366 e. The van der Waals surface area contributed by atoms with Crippen molar-refractivity contribution < 1.29 is 14.3 Å². The van der Waals surface area contributed by atoms with E-state index in [1.54, 1.807) is 18.2 Å². The van der Waals surface area contributed by atoms with Gasteiger partial charge in [0.1, 0.15) is 6.10 Å². The fraction of sp³-hybridized carbons (Fsp3) is 0.467. The summed E-state index contributed by atoms with van der Waals surface area (Å²) in [5.41, 5.74) is 0.750. The van der Waals surface area contributed by atoms with Gasteiger partial charge >= 0.3 is 0 Å². The second kappa shape index (κ2) is 9.08. The molecule has 1 aromatic carbocycles. The smallest absolute Gasteiger partial charge is 0.254 e. The lowest BCUT2D eigenvalue weighted by Crippen LogP contribution is -2.45. The van der Waals surface area contributed by atoms with Crippen molar-refractivity contribution in [2.75, 3.05) is 25.0 Å². The maximum Gasteiger partial charge on any atom is 0.254 e. The highest BCUT2D eigenvalue weighted by molar-refractivity contribution is 6.31. The minimum atomic E-state index is -0.575. The average Bonchev–Trinajstić information content (AvgIpc) is 2.47. The number of amides is 2. The SMILES string of the molecule is CC(C)NC(=O)c1ccc(Cl)cc1NC(=O)C1CNCCO1.Cl. The van der Waals surface area contributed by atoms with Gasteiger partial charge in [-0.3, -0.25) is 9.59 Å². The highest BCUT2D eigenvalue weighted by Gasteiger charge is 2.23. The lowest BCUT2D eigenvalue weighted by molar-refractivity contribution is -0.128. The fourth-order valence-corrected chi connectivity index (χ4v) is 2.28.